The Morgan fingerprint density at radius 3 is 2.94 bits per heavy atom. The summed E-state index contributed by atoms with van der Waals surface area (Å²) < 4.78 is 5.18. The fraction of sp³-hybridized carbons (Fsp3) is 0.538. The maximum absolute atomic E-state index is 11.9. The van der Waals surface area contributed by atoms with Crippen LogP contribution in [0.2, 0.25) is 0 Å². The van der Waals surface area contributed by atoms with Crippen molar-refractivity contribution in [2.75, 3.05) is 27.7 Å². The molecule has 0 saturated carbocycles. The van der Waals surface area contributed by atoms with Gasteiger partial charge < -0.3 is 14.5 Å². The van der Waals surface area contributed by atoms with E-state index in [4.69, 9.17) is 4.74 Å². The number of rotatable bonds is 2. The molecule has 1 aromatic heterocycles. The number of fused-ring (bicyclic) bond motifs is 1. The predicted octanol–water partition coefficient (Wildman–Crippen LogP) is 1.27. The van der Waals surface area contributed by atoms with Crippen LogP contribution in [0.1, 0.15) is 16.7 Å². The lowest BCUT2D eigenvalue weighted by molar-refractivity contribution is 0.163. The lowest BCUT2D eigenvalue weighted by Crippen LogP contribution is -2.42. The standard InChI is InChI=1S/C13H19N3O2/c1-15(2)13(17)16-5-4-12-10(8-16)6-14-7-11(12)9-18-3/h6-7H,4-5,8-9H2,1-3H3. The van der Waals surface area contributed by atoms with Crippen molar-refractivity contribution in [3.8, 4) is 0 Å². The van der Waals surface area contributed by atoms with Gasteiger partial charge in [-0.3, -0.25) is 4.98 Å². The Bertz CT molecular complexity index is 446. The van der Waals surface area contributed by atoms with Crippen molar-refractivity contribution in [3.63, 3.8) is 0 Å². The van der Waals surface area contributed by atoms with E-state index < -0.39 is 0 Å². The first-order valence-corrected chi connectivity index (χ1v) is 6.03. The number of pyridine rings is 1. The van der Waals surface area contributed by atoms with E-state index in [9.17, 15) is 4.79 Å². The SMILES string of the molecule is COCc1cncc2c1CCN(C(=O)N(C)C)C2. The number of methoxy groups -OCH3 is 1. The molecular weight excluding hydrogens is 230 g/mol. The average molecular weight is 249 g/mol. The lowest BCUT2D eigenvalue weighted by atomic mass is 9.98. The maximum atomic E-state index is 11.9. The van der Waals surface area contributed by atoms with Crippen molar-refractivity contribution < 1.29 is 9.53 Å². The molecule has 2 amide bonds. The van der Waals surface area contributed by atoms with Gasteiger partial charge >= 0.3 is 6.03 Å². The van der Waals surface area contributed by atoms with Crippen molar-refractivity contribution in [2.45, 2.75) is 19.6 Å². The highest BCUT2D eigenvalue weighted by Gasteiger charge is 2.23. The molecule has 0 atom stereocenters. The molecule has 0 saturated heterocycles. The second-order valence-corrected chi connectivity index (χ2v) is 4.72. The van der Waals surface area contributed by atoms with E-state index >= 15 is 0 Å². The molecule has 0 aliphatic carbocycles. The number of carbonyl (C=O) groups excluding carboxylic acids is 1. The largest absolute Gasteiger partial charge is 0.380 e. The molecule has 0 bridgehead atoms. The zero-order valence-corrected chi connectivity index (χ0v) is 11.1. The molecule has 18 heavy (non-hydrogen) atoms. The van der Waals surface area contributed by atoms with Gasteiger partial charge in [0.1, 0.15) is 0 Å². The molecular formula is C13H19N3O2. The molecule has 5 nitrogen and oxygen atoms in total. The van der Waals surface area contributed by atoms with Gasteiger partial charge in [-0.25, -0.2) is 4.79 Å². The highest BCUT2D eigenvalue weighted by atomic mass is 16.5. The van der Waals surface area contributed by atoms with E-state index in [-0.39, 0.29) is 6.03 Å². The third-order valence-corrected chi connectivity index (χ3v) is 3.18. The van der Waals surface area contributed by atoms with E-state index in [2.05, 4.69) is 4.98 Å². The monoisotopic (exact) mass is 249 g/mol. The molecule has 1 aliphatic heterocycles. The summed E-state index contributed by atoms with van der Waals surface area (Å²) in [5.41, 5.74) is 3.55. The Labute approximate surface area is 107 Å². The Kier molecular flexibility index (Phi) is 3.81. The molecule has 0 radical (unpaired) electrons. The number of aromatic nitrogens is 1. The smallest absolute Gasteiger partial charge is 0.319 e. The number of hydrogen-bond acceptors (Lipinski definition) is 3. The number of urea groups is 1. The van der Waals surface area contributed by atoms with E-state index in [1.807, 2.05) is 17.3 Å². The molecule has 1 aliphatic rings. The van der Waals surface area contributed by atoms with Gasteiger partial charge in [-0.1, -0.05) is 0 Å². The molecule has 0 unspecified atom stereocenters. The molecule has 98 valence electrons. The average Bonchev–Trinajstić information content (AvgIpc) is 2.38. The number of nitrogens with zero attached hydrogens (tertiary/aromatic N) is 3. The summed E-state index contributed by atoms with van der Waals surface area (Å²) in [7, 11) is 5.24. The molecule has 0 spiro atoms. The van der Waals surface area contributed by atoms with E-state index in [0.29, 0.717) is 13.2 Å². The van der Waals surface area contributed by atoms with Gasteiger partial charge in [0.2, 0.25) is 0 Å². The van der Waals surface area contributed by atoms with Crippen molar-refractivity contribution in [1.82, 2.24) is 14.8 Å². The first kappa shape index (κ1) is 12.8. The van der Waals surface area contributed by atoms with Gasteiger partial charge in [0.25, 0.3) is 0 Å². The predicted molar refractivity (Wildman–Crippen MR) is 68.1 cm³/mol. The summed E-state index contributed by atoms with van der Waals surface area (Å²) >= 11 is 0. The minimum absolute atomic E-state index is 0.0535. The van der Waals surface area contributed by atoms with Crippen LogP contribution in [-0.2, 0) is 24.3 Å². The van der Waals surface area contributed by atoms with E-state index in [1.54, 1.807) is 26.1 Å². The summed E-state index contributed by atoms with van der Waals surface area (Å²) in [5.74, 6) is 0. The van der Waals surface area contributed by atoms with Crippen LogP contribution >= 0.6 is 0 Å². The highest BCUT2D eigenvalue weighted by Crippen LogP contribution is 2.22. The maximum Gasteiger partial charge on any atom is 0.319 e. The third-order valence-electron chi connectivity index (χ3n) is 3.18. The summed E-state index contributed by atoms with van der Waals surface area (Å²) in [4.78, 5) is 19.6. The Morgan fingerprint density at radius 2 is 2.28 bits per heavy atom. The van der Waals surface area contributed by atoms with Gasteiger partial charge in [0.05, 0.1) is 6.61 Å². The minimum atomic E-state index is 0.0535. The van der Waals surface area contributed by atoms with Crippen LogP contribution in [0.3, 0.4) is 0 Å². The normalized spacial score (nSPS) is 14.3. The molecule has 5 heteroatoms. The van der Waals surface area contributed by atoms with Crippen LogP contribution in [0.15, 0.2) is 12.4 Å². The first-order valence-electron chi connectivity index (χ1n) is 6.03. The van der Waals surface area contributed by atoms with Gasteiger partial charge in [-0.15, -0.1) is 0 Å². The van der Waals surface area contributed by atoms with Crippen molar-refractivity contribution in [2.24, 2.45) is 0 Å². The highest BCUT2D eigenvalue weighted by molar-refractivity contribution is 5.74. The van der Waals surface area contributed by atoms with Crippen LogP contribution in [0.5, 0.6) is 0 Å². The van der Waals surface area contributed by atoms with Gasteiger partial charge in [-0.05, 0) is 23.1 Å². The topological polar surface area (TPSA) is 45.7 Å². The Morgan fingerprint density at radius 1 is 1.50 bits per heavy atom. The zero-order valence-electron chi connectivity index (χ0n) is 11.1. The van der Waals surface area contributed by atoms with Gasteiger partial charge in [0.15, 0.2) is 0 Å². The second-order valence-electron chi connectivity index (χ2n) is 4.72. The van der Waals surface area contributed by atoms with Crippen LogP contribution in [-0.4, -0.2) is 48.6 Å². The van der Waals surface area contributed by atoms with Crippen molar-refractivity contribution in [1.29, 1.82) is 0 Å². The number of ether oxygens (including phenoxy) is 1. The van der Waals surface area contributed by atoms with Gasteiger partial charge in [-0.2, -0.15) is 0 Å². The molecule has 1 aromatic rings. The van der Waals surface area contributed by atoms with E-state index in [1.165, 1.54) is 5.56 Å². The summed E-state index contributed by atoms with van der Waals surface area (Å²) in [6.45, 7) is 1.97. The first-order chi connectivity index (χ1) is 8.63. The van der Waals surface area contributed by atoms with Crippen molar-refractivity contribution >= 4 is 6.03 Å². The fourth-order valence-corrected chi connectivity index (χ4v) is 2.29. The van der Waals surface area contributed by atoms with Crippen molar-refractivity contribution in [3.05, 3.63) is 29.1 Å². The fourth-order valence-electron chi connectivity index (χ4n) is 2.29. The molecule has 0 aromatic carbocycles. The lowest BCUT2D eigenvalue weighted by Gasteiger charge is -2.31. The van der Waals surface area contributed by atoms with Crippen LogP contribution in [0.25, 0.3) is 0 Å². The molecule has 0 fully saturated rings. The summed E-state index contributed by atoms with van der Waals surface area (Å²) in [5, 5.41) is 0. The minimum Gasteiger partial charge on any atom is -0.380 e. The second kappa shape index (κ2) is 5.35. The van der Waals surface area contributed by atoms with Crippen LogP contribution in [0.4, 0.5) is 4.79 Å². The Hall–Kier alpha value is -1.62. The Balaban J connectivity index is 2.20. The van der Waals surface area contributed by atoms with E-state index in [0.717, 1.165) is 24.1 Å². The van der Waals surface area contributed by atoms with Crippen LogP contribution in [0, 0.1) is 0 Å². The third kappa shape index (κ3) is 2.46. The molecule has 2 rings (SSSR count). The molecule has 0 N–H and O–H groups in total. The zero-order chi connectivity index (χ0) is 13.1. The number of carbonyl (C=O) groups is 1. The molecule has 2 heterocycles. The quantitative estimate of drug-likeness (QED) is 0.793. The van der Waals surface area contributed by atoms with Crippen LogP contribution < -0.4 is 0 Å². The number of amides is 2. The van der Waals surface area contributed by atoms with Gasteiger partial charge in [0, 0.05) is 46.7 Å². The summed E-state index contributed by atoms with van der Waals surface area (Å²) in [6.07, 6.45) is 4.57. The summed E-state index contributed by atoms with van der Waals surface area (Å²) in [6, 6.07) is 0.0535. The number of hydrogen-bond donors (Lipinski definition) is 0.